The van der Waals surface area contributed by atoms with Gasteiger partial charge in [-0.1, -0.05) is 35.5 Å². The molecule has 1 aliphatic carbocycles. The Bertz CT molecular complexity index is 933. The molecule has 1 fully saturated rings. The molecule has 1 aromatic heterocycles. The summed E-state index contributed by atoms with van der Waals surface area (Å²) in [5.74, 6) is -0.755. The summed E-state index contributed by atoms with van der Waals surface area (Å²) in [5, 5.41) is 20.8. The topological polar surface area (TPSA) is 80.0 Å². The summed E-state index contributed by atoms with van der Waals surface area (Å²) in [6, 6.07) is 16.0. The van der Waals surface area contributed by atoms with Crippen LogP contribution in [0, 0.1) is 12.8 Å². The molecule has 0 saturated heterocycles. The zero-order valence-electron chi connectivity index (χ0n) is 14.5. The van der Waals surface area contributed by atoms with Crippen molar-refractivity contribution in [2.75, 3.05) is 5.32 Å². The lowest BCUT2D eigenvalue weighted by atomic mass is 10.1. The molecule has 0 unspecified atom stereocenters. The Balaban J connectivity index is 1.38. The van der Waals surface area contributed by atoms with Crippen LogP contribution in [0.1, 0.15) is 29.2 Å². The van der Waals surface area contributed by atoms with Gasteiger partial charge < -0.3 is 10.4 Å². The number of aryl methyl sites for hydroxylation is 1. The molecule has 1 heterocycles. The number of para-hydroxylation sites is 1. The molecule has 1 aliphatic rings. The highest BCUT2D eigenvalue weighted by atomic mass is 16.4. The predicted molar refractivity (Wildman–Crippen MR) is 98.3 cm³/mol. The molecule has 2 aromatic carbocycles. The number of rotatable bonds is 6. The molecule has 2 N–H and O–H groups in total. The highest BCUT2D eigenvalue weighted by Crippen LogP contribution is 2.47. The van der Waals surface area contributed by atoms with Gasteiger partial charge in [-0.15, -0.1) is 5.10 Å². The summed E-state index contributed by atoms with van der Waals surface area (Å²) in [7, 11) is 0. The lowest BCUT2D eigenvalue weighted by Gasteiger charge is -2.06. The minimum Gasteiger partial charge on any atom is -0.481 e. The fourth-order valence-electron chi connectivity index (χ4n) is 3.19. The van der Waals surface area contributed by atoms with Gasteiger partial charge in [-0.2, -0.15) is 0 Å². The van der Waals surface area contributed by atoms with Gasteiger partial charge in [0.15, 0.2) is 0 Å². The van der Waals surface area contributed by atoms with Crippen molar-refractivity contribution in [1.82, 2.24) is 15.0 Å². The Morgan fingerprint density at radius 3 is 2.69 bits per heavy atom. The van der Waals surface area contributed by atoms with Gasteiger partial charge in [-0.25, -0.2) is 4.68 Å². The second-order valence-corrected chi connectivity index (χ2v) is 6.70. The van der Waals surface area contributed by atoms with Gasteiger partial charge in [0.2, 0.25) is 0 Å². The summed E-state index contributed by atoms with van der Waals surface area (Å²) in [6.07, 6.45) is 2.66. The molecule has 0 amide bonds. The molecule has 2 atom stereocenters. The quantitative estimate of drug-likeness (QED) is 0.714. The lowest BCUT2D eigenvalue weighted by molar-refractivity contribution is -0.138. The van der Waals surface area contributed by atoms with Crippen LogP contribution in [0.25, 0.3) is 5.69 Å². The first-order chi connectivity index (χ1) is 12.6. The maximum Gasteiger partial charge on any atom is 0.307 e. The molecule has 132 valence electrons. The zero-order chi connectivity index (χ0) is 18.1. The number of anilines is 1. The maximum absolute atomic E-state index is 11.0. The van der Waals surface area contributed by atoms with E-state index < -0.39 is 5.97 Å². The molecule has 6 heteroatoms. The molecule has 3 aromatic rings. The molecule has 26 heavy (non-hydrogen) atoms. The monoisotopic (exact) mass is 348 g/mol. The summed E-state index contributed by atoms with van der Waals surface area (Å²) in [6.45, 7) is 2.62. The number of carboxylic acid groups (broad SMARTS) is 1. The average molecular weight is 348 g/mol. The van der Waals surface area contributed by atoms with Crippen molar-refractivity contribution in [3.63, 3.8) is 0 Å². The maximum atomic E-state index is 11.0. The molecule has 0 radical (unpaired) electrons. The number of benzene rings is 2. The van der Waals surface area contributed by atoms with Crippen LogP contribution in [0.15, 0.2) is 54.7 Å². The SMILES string of the molecule is Cc1ccccc1-n1cc(CNc2ccc([C@@H]3C[C@H]3C(=O)O)cc2)nn1. The average Bonchev–Trinajstić information content (AvgIpc) is 3.32. The molecule has 1 saturated carbocycles. The van der Waals surface area contributed by atoms with Crippen LogP contribution in [0.4, 0.5) is 5.69 Å². The summed E-state index contributed by atoms with van der Waals surface area (Å²) >= 11 is 0. The molecule has 6 nitrogen and oxygen atoms in total. The van der Waals surface area contributed by atoms with E-state index in [-0.39, 0.29) is 11.8 Å². The van der Waals surface area contributed by atoms with Crippen molar-refractivity contribution in [1.29, 1.82) is 0 Å². The van der Waals surface area contributed by atoms with E-state index >= 15 is 0 Å². The summed E-state index contributed by atoms with van der Waals surface area (Å²) in [5.41, 5.74) is 5.09. The molecule has 0 bridgehead atoms. The van der Waals surface area contributed by atoms with E-state index in [0.717, 1.165) is 34.6 Å². The number of hydrogen-bond donors (Lipinski definition) is 2. The van der Waals surface area contributed by atoms with E-state index in [9.17, 15) is 4.79 Å². The second-order valence-electron chi connectivity index (χ2n) is 6.70. The van der Waals surface area contributed by atoms with Crippen LogP contribution in [0.5, 0.6) is 0 Å². The van der Waals surface area contributed by atoms with Crippen molar-refractivity contribution in [2.24, 2.45) is 5.92 Å². The minimum absolute atomic E-state index is 0.163. The standard InChI is InChI=1S/C20H20N4O2/c1-13-4-2-3-5-19(13)24-12-16(22-23-24)11-21-15-8-6-14(7-9-15)17-10-18(17)20(25)26/h2-9,12,17-18,21H,10-11H2,1H3,(H,25,26)/t17-,18+/m0/s1. The van der Waals surface area contributed by atoms with Crippen LogP contribution in [-0.2, 0) is 11.3 Å². The smallest absolute Gasteiger partial charge is 0.307 e. The molecule has 0 spiro atoms. The lowest BCUT2D eigenvalue weighted by Crippen LogP contribution is -2.01. The van der Waals surface area contributed by atoms with E-state index in [1.807, 2.05) is 61.7 Å². The van der Waals surface area contributed by atoms with Crippen LogP contribution >= 0.6 is 0 Å². The normalized spacial score (nSPS) is 18.5. The zero-order valence-corrected chi connectivity index (χ0v) is 14.5. The fraction of sp³-hybridized carbons (Fsp3) is 0.250. The Hall–Kier alpha value is -3.15. The third kappa shape index (κ3) is 3.31. The van der Waals surface area contributed by atoms with Gasteiger partial charge in [0.25, 0.3) is 0 Å². The van der Waals surface area contributed by atoms with E-state index in [1.165, 1.54) is 0 Å². The van der Waals surface area contributed by atoms with Gasteiger partial charge >= 0.3 is 5.97 Å². The highest BCUT2D eigenvalue weighted by molar-refractivity contribution is 5.75. The van der Waals surface area contributed by atoms with E-state index in [0.29, 0.717) is 6.54 Å². The molecular formula is C20H20N4O2. The number of carboxylic acids is 1. The van der Waals surface area contributed by atoms with Crippen molar-refractivity contribution >= 4 is 11.7 Å². The predicted octanol–water partition coefficient (Wildman–Crippen LogP) is 3.38. The number of aromatic nitrogens is 3. The van der Waals surface area contributed by atoms with Crippen molar-refractivity contribution in [2.45, 2.75) is 25.8 Å². The van der Waals surface area contributed by atoms with E-state index in [4.69, 9.17) is 5.11 Å². The van der Waals surface area contributed by atoms with Gasteiger partial charge in [0, 0.05) is 5.69 Å². The first kappa shape index (κ1) is 16.3. The van der Waals surface area contributed by atoms with Gasteiger partial charge in [0.05, 0.1) is 24.3 Å². The molecular weight excluding hydrogens is 328 g/mol. The summed E-state index contributed by atoms with van der Waals surface area (Å²) in [4.78, 5) is 11.0. The number of carbonyl (C=O) groups is 1. The number of aliphatic carboxylic acids is 1. The fourth-order valence-corrected chi connectivity index (χ4v) is 3.19. The third-order valence-corrected chi connectivity index (χ3v) is 4.82. The number of nitrogens with zero attached hydrogens (tertiary/aromatic N) is 3. The second kappa shape index (κ2) is 6.63. The minimum atomic E-state index is -0.700. The first-order valence-corrected chi connectivity index (χ1v) is 8.65. The number of nitrogens with one attached hydrogen (secondary N) is 1. The Kier molecular flexibility index (Phi) is 4.16. The highest BCUT2D eigenvalue weighted by Gasteiger charge is 2.43. The van der Waals surface area contributed by atoms with E-state index in [1.54, 1.807) is 4.68 Å². The van der Waals surface area contributed by atoms with Gasteiger partial charge in [0.1, 0.15) is 5.69 Å². The number of hydrogen-bond acceptors (Lipinski definition) is 4. The Morgan fingerprint density at radius 2 is 2.00 bits per heavy atom. The van der Waals surface area contributed by atoms with Crippen LogP contribution < -0.4 is 5.32 Å². The van der Waals surface area contributed by atoms with Crippen molar-refractivity contribution < 1.29 is 9.90 Å². The van der Waals surface area contributed by atoms with Crippen molar-refractivity contribution in [3.05, 3.63) is 71.5 Å². The molecule has 0 aliphatic heterocycles. The third-order valence-electron chi connectivity index (χ3n) is 4.82. The summed E-state index contributed by atoms with van der Waals surface area (Å²) < 4.78 is 1.79. The Morgan fingerprint density at radius 1 is 1.23 bits per heavy atom. The molecule has 4 rings (SSSR count). The first-order valence-electron chi connectivity index (χ1n) is 8.65. The van der Waals surface area contributed by atoms with Crippen LogP contribution in [0.3, 0.4) is 0 Å². The van der Waals surface area contributed by atoms with Crippen molar-refractivity contribution in [3.8, 4) is 5.69 Å². The van der Waals surface area contributed by atoms with Gasteiger partial charge in [-0.3, -0.25) is 4.79 Å². The Labute approximate surface area is 151 Å². The van der Waals surface area contributed by atoms with Gasteiger partial charge in [-0.05, 0) is 48.6 Å². The van der Waals surface area contributed by atoms with Crippen LogP contribution in [-0.4, -0.2) is 26.1 Å². The largest absolute Gasteiger partial charge is 0.481 e. The van der Waals surface area contributed by atoms with E-state index in [2.05, 4.69) is 15.6 Å². The van der Waals surface area contributed by atoms with Crippen LogP contribution in [0.2, 0.25) is 0 Å².